The Labute approximate surface area is 144 Å². The van der Waals surface area contributed by atoms with Gasteiger partial charge in [0.05, 0.1) is 12.7 Å². The van der Waals surface area contributed by atoms with Crippen molar-refractivity contribution in [3.05, 3.63) is 12.2 Å². The van der Waals surface area contributed by atoms with Crippen molar-refractivity contribution in [2.24, 2.45) is 10.7 Å². The summed E-state index contributed by atoms with van der Waals surface area (Å²) in [5, 5.41) is 0. The zero-order valence-electron chi connectivity index (χ0n) is 15.6. The van der Waals surface area contributed by atoms with E-state index in [0.29, 0.717) is 0 Å². The lowest BCUT2D eigenvalue weighted by molar-refractivity contribution is 0.359. The third-order valence-corrected chi connectivity index (χ3v) is 4.62. The molecule has 134 valence electrons. The maximum atomic E-state index is 5.96. The average Bonchev–Trinajstić information content (AvgIpc) is 3.00. The smallest absolute Gasteiger partial charge is 0.100 e. The predicted molar refractivity (Wildman–Crippen MR) is 103 cm³/mol. The van der Waals surface area contributed by atoms with Crippen LogP contribution in [0.4, 0.5) is 0 Å². The summed E-state index contributed by atoms with van der Waals surface area (Å²) in [6, 6.07) is 0. The van der Waals surface area contributed by atoms with Gasteiger partial charge in [0.25, 0.3) is 0 Å². The molecule has 0 aromatic heterocycles. The Balaban J connectivity index is 1.89. The minimum Gasteiger partial charge on any atom is -0.343 e. The highest BCUT2D eigenvalue weighted by molar-refractivity contribution is 5.83. The van der Waals surface area contributed by atoms with E-state index in [1.54, 1.807) is 0 Å². The molecule has 1 atom stereocenters. The van der Waals surface area contributed by atoms with Gasteiger partial charge in [0.1, 0.15) is 5.84 Å². The molecule has 3 heteroatoms. The van der Waals surface area contributed by atoms with Gasteiger partial charge in [-0.25, -0.2) is 0 Å². The monoisotopic (exact) mass is 321 g/mol. The number of aliphatic imine (C=N–C) groups is 1. The van der Waals surface area contributed by atoms with Crippen molar-refractivity contribution in [2.45, 2.75) is 97.1 Å². The number of hydrogen-bond donors (Lipinski definition) is 1. The van der Waals surface area contributed by atoms with Crippen molar-refractivity contribution in [2.75, 3.05) is 13.1 Å². The van der Waals surface area contributed by atoms with Crippen molar-refractivity contribution in [1.82, 2.24) is 4.90 Å². The van der Waals surface area contributed by atoms with Gasteiger partial charge in [0, 0.05) is 13.0 Å². The Hall–Kier alpha value is -0.830. The summed E-state index contributed by atoms with van der Waals surface area (Å²) in [7, 11) is 0. The largest absolute Gasteiger partial charge is 0.343 e. The second kappa shape index (κ2) is 13.6. The lowest BCUT2D eigenvalue weighted by atomic mass is 10.1. The number of nitrogens with two attached hydrogens (primary N) is 1. The lowest BCUT2D eigenvalue weighted by Gasteiger charge is -2.24. The molecule has 0 aromatic rings. The third kappa shape index (κ3) is 9.80. The van der Waals surface area contributed by atoms with Gasteiger partial charge in [-0.2, -0.15) is 0 Å². The van der Waals surface area contributed by atoms with E-state index in [2.05, 4.69) is 29.0 Å². The van der Waals surface area contributed by atoms with Crippen LogP contribution in [0, 0.1) is 0 Å². The first kappa shape index (κ1) is 20.2. The summed E-state index contributed by atoms with van der Waals surface area (Å²) in [6.45, 7) is 6.25. The highest BCUT2D eigenvalue weighted by Gasteiger charge is 2.18. The van der Waals surface area contributed by atoms with Gasteiger partial charge in [0.15, 0.2) is 0 Å². The second-order valence-corrected chi connectivity index (χ2v) is 6.86. The molecule has 1 rings (SSSR count). The molecular weight excluding hydrogens is 282 g/mol. The van der Waals surface area contributed by atoms with Gasteiger partial charge in [-0.15, -0.1) is 0 Å². The number of rotatable bonds is 14. The maximum absolute atomic E-state index is 5.96. The Kier molecular flexibility index (Phi) is 11.9. The van der Waals surface area contributed by atoms with Crippen LogP contribution in [0.5, 0.6) is 0 Å². The first-order valence-electron chi connectivity index (χ1n) is 9.96. The van der Waals surface area contributed by atoms with Gasteiger partial charge in [0.2, 0.25) is 0 Å². The van der Waals surface area contributed by atoms with E-state index in [0.717, 1.165) is 19.5 Å². The Bertz CT molecular complexity index is 334. The molecule has 1 heterocycles. The third-order valence-electron chi connectivity index (χ3n) is 4.62. The van der Waals surface area contributed by atoms with Crippen molar-refractivity contribution < 1.29 is 0 Å². The van der Waals surface area contributed by atoms with E-state index < -0.39 is 0 Å². The second-order valence-electron chi connectivity index (χ2n) is 6.86. The van der Waals surface area contributed by atoms with E-state index in [1.165, 1.54) is 76.5 Å². The molecule has 2 N–H and O–H groups in total. The van der Waals surface area contributed by atoms with Crippen molar-refractivity contribution >= 4 is 5.84 Å². The minimum atomic E-state index is 0.105. The molecule has 0 saturated heterocycles. The molecule has 0 spiro atoms. The highest BCUT2D eigenvalue weighted by atomic mass is 15.3. The Morgan fingerprint density at radius 1 is 1.00 bits per heavy atom. The fourth-order valence-electron chi connectivity index (χ4n) is 3.18. The van der Waals surface area contributed by atoms with Crippen molar-refractivity contribution in [3.8, 4) is 0 Å². The maximum Gasteiger partial charge on any atom is 0.100 e. The van der Waals surface area contributed by atoms with Crippen LogP contribution in [0.3, 0.4) is 0 Å². The molecule has 0 amide bonds. The number of allylic oxidation sites excluding steroid dienone is 2. The molecule has 23 heavy (non-hydrogen) atoms. The molecule has 0 fully saturated rings. The quantitative estimate of drug-likeness (QED) is 0.350. The number of amidine groups is 1. The summed E-state index contributed by atoms with van der Waals surface area (Å²) in [5.74, 6) is 1.22. The molecule has 1 aliphatic rings. The van der Waals surface area contributed by atoms with Crippen LogP contribution in [0.2, 0.25) is 0 Å². The van der Waals surface area contributed by atoms with E-state index in [-0.39, 0.29) is 6.17 Å². The zero-order valence-corrected chi connectivity index (χ0v) is 15.6. The Morgan fingerprint density at radius 3 is 2.26 bits per heavy atom. The first-order valence-corrected chi connectivity index (χ1v) is 9.96. The van der Waals surface area contributed by atoms with Crippen LogP contribution in [-0.4, -0.2) is 30.0 Å². The van der Waals surface area contributed by atoms with Gasteiger partial charge in [-0.3, -0.25) is 4.99 Å². The molecule has 0 saturated carbocycles. The summed E-state index contributed by atoms with van der Waals surface area (Å²) in [5.41, 5.74) is 5.96. The summed E-state index contributed by atoms with van der Waals surface area (Å²) < 4.78 is 0. The molecule has 0 aliphatic carbocycles. The van der Waals surface area contributed by atoms with Crippen LogP contribution in [0.25, 0.3) is 0 Å². The standard InChI is InChI=1S/C20H39N3/c1-3-4-5-6-7-8-9-10-11-12-13-14-15-16-20-22-17-18-23(20)19(2)21/h12-13,19H,3-11,14-18,21H2,1-2H3/b13-12+. The van der Waals surface area contributed by atoms with E-state index >= 15 is 0 Å². The molecule has 3 nitrogen and oxygen atoms in total. The summed E-state index contributed by atoms with van der Waals surface area (Å²) in [4.78, 5) is 6.81. The lowest BCUT2D eigenvalue weighted by Crippen LogP contribution is -2.41. The van der Waals surface area contributed by atoms with Crippen molar-refractivity contribution in [1.29, 1.82) is 0 Å². The van der Waals surface area contributed by atoms with Gasteiger partial charge >= 0.3 is 0 Å². The van der Waals surface area contributed by atoms with Crippen molar-refractivity contribution in [3.63, 3.8) is 0 Å². The molecule has 0 radical (unpaired) electrons. The fourth-order valence-corrected chi connectivity index (χ4v) is 3.18. The number of hydrogen-bond acceptors (Lipinski definition) is 3. The van der Waals surface area contributed by atoms with E-state index in [9.17, 15) is 0 Å². The van der Waals surface area contributed by atoms with Gasteiger partial charge < -0.3 is 10.6 Å². The van der Waals surface area contributed by atoms with Crippen LogP contribution in [0.15, 0.2) is 17.1 Å². The van der Waals surface area contributed by atoms with Gasteiger partial charge in [-0.1, -0.05) is 64.0 Å². The molecule has 1 unspecified atom stereocenters. The zero-order chi connectivity index (χ0) is 16.8. The minimum absolute atomic E-state index is 0.105. The molecular formula is C20H39N3. The van der Waals surface area contributed by atoms with Crippen LogP contribution in [0.1, 0.15) is 90.9 Å². The van der Waals surface area contributed by atoms with E-state index in [4.69, 9.17) is 5.73 Å². The first-order chi connectivity index (χ1) is 11.3. The summed E-state index contributed by atoms with van der Waals surface area (Å²) >= 11 is 0. The topological polar surface area (TPSA) is 41.6 Å². The fraction of sp³-hybridized carbons (Fsp3) is 0.850. The predicted octanol–water partition coefficient (Wildman–Crippen LogP) is 5.26. The number of nitrogens with zero attached hydrogens (tertiary/aromatic N) is 2. The van der Waals surface area contributed by atoms with Crippen LogP contribution < -0.4 is 5.73 Å². The summed E-state index contributed by atoms with van der Waals surface area (Å²) in [6.07, 6.45) is 20.8. The normalized spacial score (nSPS) is 16.3. The average molecular weight is 322 g/mol. The highest BCUT2D eigenvalue weighted by Crippen LogP contribution is 2.12. The number of unbranched alkanes of at least 4 members (excludes halogenated alkanes) is 9. The molecule has 1 aliphatic heterocycles. The Morgan fingerprint density at radius 2 is 1.61 bits per heavy atom. The molecule has 0 bridgehead atoms. The van der Waals surface area contributed by atoms with Crippen LogP contribution >= 0.6 is 0 Å². The van der Waals surface area contributed by atoms with Gasteiger partial charge in [-0.05, 0) is 32.6 Å². The molecule has 0 aromatic carbocycles. The van der Waals surface area contributed by atoms with E-state index in [1.807, 2.05) is 6.92 Å². The van der Waals surface area contributed by atoms with Crippen LogP contribution in [-0.2, 0) is 0 Å². The SMILES string of the molecule is CCCCCCCCCC/C=C/CCCC1=NCCN1C(C)N.